The molecule has 0 spiro atoms. The molecule has 158 valence electrons. The van der Waals surface area contributed by atoms with Gasteiger partial charge in [0.15, 0.2) is 5.96 Å². The first-order chi connectivity index (χ1) is 13.3. The molecule has 5 nitrogen and oxygen atoms in total. The summed E-state index contributed by atoms with van der Waals surface area (Å²) in [6.07, 6.45) is 6.01. The number of aryl methyl sites for hydroxylation is 1. The molecule has 28 heavy (non-hydrogen) atoms. The summed E-state index contributed by atoms with van der Waals surface area (Å²) in [5.74, 6) is 1.63. The number of likely N-dealkylation sites (tertiary alicyclic amines) is 1. The van der Waals surface area contributed by atoms with Crippen LogP contribution in [0.2, 0.25) is 0 Å². The first kappa shape index (κ1) is 23.4. The molecule has 2 aliphatic rings. The minimum atomic E-state index is 0. The van der Waals surface area contributed by atoms with Crippen LogP contribution in [0.5, 0.6) is 0 Å². The smallest absolute Gasteiger partial charge is 0.193 e. The Hall–Kier alpha value is -0.860. The Balaban J connectivity index is 0.00000280. The molecule has 0 aromatic heterocycles. The number of nitrogens with zero attached hydrogens (tertiary/aromatic N) is 2. The third kappa shape index (κ3) is 6.59. The molecule has 1 heterocycles. The molecule has 0 bridgehead atoms. The van der Waals surface area contributed by atoms with Crippen LogP contribution in [-0.4, -0.2) is 57.4 Å². The van der Waals surface area contributed by atoms with Crippen molar-refractivity contribution in [3.63, 3.8) is 0 Å². The predicted molar refractivity (Wildman–Crippen MR) is 126 cm³/mol. The van der Waals surface area contributed by atoms with Crippen molar-refractivity contribution in [2.45, 2.75) is 45.1 Å². The minimum Gasteiger partial charge on any atom is -0.381 e. The molecular weight excluding hydrogens is 465 g/mol. The quantitative estimate of drug-likeness (QED) is 0.253. The first-order valence-corrected chi connectivity index (χ1v) is 10.5. The lowest BCUT2D eigenvalue weighted by Crippen LogP contribution is -2.40. The largest absolute Gasteiger partial charge is 0.381 e. The second-order valence-electron chi connectivity index (χ2n) is 7.54. The van der Waals surface area contributed by atoms with Crippen molar-refractivity contribution in [2.75, 3.05) is 46.5 Å². The van der Waals surface area contributed by atoms with Crippen molar-refractivity contribution in [3.8, 4) is 0 Å². The summed E-state index contributed by atoms with van der Waals surface area (Å²) in [5, 5.41) is 3.50. The highest BCUT2D eigenvalue weighted by atomic mass is 127. The molecule has 2 unspecified atom stereocenters. The zero-order valence-electron chi connectivity index (χ0n) is 17.4. The maximum Gasteiger partial charge on any atom is 0.193 e. The van der Waals surface area contributed by atoms with Crippen molar-refractivity contribution in [3.05, 3.63) is 35.4 Å². The van der Waals surface area contributed by atoms with E-state index in [0.717, 1.165) is 58.3 Å². The number of halogens is 1. The average molecular weight is 501 g/mol. The highest BCUT2D eigenvalue weighted by Gasteiger charge is 2.25. The summed E-state index contributed by atoms with van der Waals surface area (Å²) in [6.45, 7) is 7.50. The van der Waals surface area contributed by atoms with Crippen molar-refractivity contribution < 1.29 is 9.47 Å². The van der Waals surface area contributed by atoms with Gasteiger partial charge in [0.1, 0.15) is 0 Å². The molecule has 1 aliphatic carbocycles. The monoisotopic (exact) mass is 501 g/mol. The van der Waals surface area contributed by atoms with Gasteiger partial charge in [-0.05, 0) is 50.2 Å². The van der Waals surface area contributed by atoms with E-state index in [1.807, 2.05) is 7.05 Å². The van der Waals surface area contributed by atoms with E-state index in [9.17, 15) is 0 Å². The number of fused-ring (bicyclic) bond motifs is 1. The highest BCUT2D eigenvalue weighted by molar-refractivity contribution is 14.0. The van der Waals surface area contributed by atoms with Crippen molar-refractivity contribution in [2.24, 2.45) is 10.9 Å². The van der Waals surface area contributed by atoms with Crippen LogP contribution in [0, 0.1) is 5.92 Å². The second kappa shape index (κ2) is 12.6. The maximum atomic E-state index is 6.20. The molecule has 6 heteroatoms. The van der Waals surface area contributed by atoms with E-state index in [1.54, 1.807) is 0 Å². The Kier molecular flexibility index (Phi) is 10.6. The Labute approximate surface area is 187 Å². The third-order valence-corrected chi connectivity index (χ3v) is 5.59. The number of guanidine groups is 1. The topological polar surface area (TPSA) is 46.1 Å². The van der Waals surface area contributed by atoms with E-state index in [4.69, 9.17) is 9.47 Å². The van der Waals surface area contributed by atoms with Crippen LogP contribution in [0.4, 0.5) is 0 Å². The van der Waals surface area contributed by atoms with E-state index in [-0.39, 0.29) is 30.1 Å². The lowest BCUT2D eigenvalue weighted by molar-refractivity contribution is 0.0397. The lowest BCUT2D eigenvalue weighted by atomic mass is 9.89. The summed E-state index contributed by atoms with van der Waals surface area (Å²) in [4.78, 5) is 6.80. The number of hydrogen-bond acceptors (Lipinski definition) is 3. The molecule has 1 aliphatic heterocycles. The molecule has 3 rings (SSSR count). The SMILES string of the molecule is CCOCC1CCN(C(=NC)NCCCOC2CCCc3ccccc32)C1.I. The van der Waals surface area contributed by atoms with Crippen LogP contribution >= 0.6 is 24.0 Å². The fourth-order valence-corrected chi connectivity index (χ4v) is 4.16. The van der Waals surface area contributed by atoms with E-state index in [0.29, 0.717) is 5.92 Å². The van der Waals surface area contributed by atoms with Gasteiger partial charge in [0, 0.05) is 45.8 Å². The molecule has 0 saturated carbocycles. The average Bonchev–Trinajstić information content (AvgIpc) is 3.18. The third-order valence-electron chi connectivity index (χ3n) is 5.59. The molecule has 1 fully saturated rings. The number of ether oxygens (including phenoxy) is 2. The molecule has 1 aromatic carbocycles. The minimum absolute atomic E-state index is 0. The molecular formula is C22H36IN3O2. The Morgan fingerprint density at radius 1 is 1.29 bits per heavy atom. The Morgan fingerprint density at radius 2 is 2.14 bits per heavy atom. The number of benzene rings is 1. The maximum absolute atomic E-state index is 6.20. The van der Waals surface area contributed by atoms with E-state index in [1.165, 1.54) is 30.4 Å². The normalized spacial score (nSPS) is 21.9. The molecule has 0 amide bonds. The molecule has 0 radical (unpaired) electrons. The fourth-order valence-electron chi connectivity index (χ4n) is 4.16. The summed E-state index contributed by atoms with van der Waals surface area (Å²) >= 11 is 0. The Bertz CT molecular complexity index is 611. The number of rotatable bonds is 8. The van der Waals surface area contributed by atoms with Crippen LogP contribution in [-0.2, 0) is 15.9 Å². The van der Waals surface area contributed by atoms with Crippen LogP contribution in [0.1, 0.15) is 49.8 Å². The van der Waals surface area contributed by atoms with Crippen LogP contribution in [0.25, 0.3) is 0 Å². The van der Waals surface area contributed by atoms with Crippen LogP contribution in [0.3, 0.4) is 0 Å². The van der Waals surface area contributed by atoms with Crippen molar-refractivity contribution >= 4 is 29.9 Å². The van der Waals surface area contributed by atoms with Gasteiger partial charge in [0.25, 0.3) is 0 Å². The van der Waals surface area contributed by atoms with Gasteiger partial charge in [0.2, 0.25) is 0 Å². The summed E-state index contributed by atoms with van der Waals surface area (Å²) in [6, 6.07) is 8.73. The van der Waals surface area contributed by atoms with Crippen molar-refractivity contribution in [1.82, 2.24) is 10.2 Å². The van der Waals surface area contributed by atoms with Crippen molar-refractivity contribution in [1.29, 1.82) is 0 Å². The summed E-state index contributed by atoms with van der Waals surface area (Å²) < 4.78 is 11.8. The number of aliphatic imine (C=N–C) groups is 1. The lowest BCUT2D eigenvalue weighted by Gasteiger charge is -2.26. The van der Waals surface area contributed by atoms with Crippen LogP contribution in [0.15, 0.2) is 29.3 Å². The summed E-state index contributed by atoms with van der Waals surface area (Å²) in [5.41, 5.74) is 2.85. The highest BCUT2D eigenvalue weighted by Crippen LogP contribution is 2.32. The molecule has 1 aromatic rings. The van der Waals surface area contributed by atoms with Gasteiger partial charge in [0.05, 0.1) is 12.7 Å². The zero-order chi connectivity index (χ0) is 18.9. The molecule has 1 saturated heterocycles. The van der Waals surface area contributed by atoms with Gasteiger partial charge in [-0.15, -0.1) is 24.0 Å². The standard InChI is InChI=1S/C22H35N3O2.HI/c1-3-26-17-18-12-14-25(16-18)22(23-2)24-13-7-15-27-21-11-6-9-19-8-4-5-10-20(19)21;/h4-5,8,10,18,21H,3,6-7,9,11-17H2,1-2H3,(H,23,24);1H. The van der Waals surface area contributed by atoms with Gasteiger partial charge < -0.3 is 19.7 Å². The first-order valence-electron chi connectivity index (χ1n) is 10.5. The van der Waals surface area contributed by atoms with Gasteiger partial charge >= 0.3 is 0 Å². The zero-order valence-corrected chi connectivity index (χ0v) is 19.7. The Morgan fingerprint density at radius 3 is 2.96 bits per heavy atom. The van der Waals surface area contributed by atoms with Gasteiger partial charge in [-0.2, -0.15) is 0 Å². The number of hydrogen-bond donors (Lipinski definition) is 1. The van der Waals surface area contributed by atoms with E-state index in [2.05, 4.69) is 46.4 Å². The van der Waals surface area contributed by atoms with Crippen LogP contribution < -0.4 is 5.32 Å². The van der Waals surface area contributed by atoms with Gasteiger partial charge in [-0.1, -0.05) is 24.3 Å². The molecule has 2 atom stereocenters. The second-order valence-corrected chi connectivity index (χ2v) is 7.54. The molecule has 1 N–H and O–H groups in total. The fraction of sp³-hybridized carbons (Fsp3) is 0.682. The van der Waals surface area contributed by atoms with Gasteiger partial charge in [-0.3, -0.25) is 4.99 Å². The predicted octanol–water partition coefficient (Wildman–Crippen LogP) is 4.02. The van der Waals surface area contributed by atoms with E-state index < -0.39 is 0 Å². The number of nitrogens with one attached hydrogen (secondary N) is 1. The van der Waals surface area contributed by atoms with E-state index >= 15 is 0 Å². The summed E-state index contributed by atoms with van der Waals surface area (Å²) in [7, 11) is 1.87. The van der Waals surface area contributed by atoms with Gasteiger partial charge in [-0.25, -0.2) is 0 Å².